The molecule has 1 atom stereocenters. The molecule has 0 aromatic heterocycles. The summed E-state index contributed by atoms with van der Waals surface area (Å²) < 4.78 is 0. The average Bonchev–Trinajstić information content (AvgIpc) is 2.10. The molecule has 0 aliphatic heterocycles. The Kier molecular flexibility index (Phi) is 6.62. The molecule has 0 aliphatic carbocycles. The Morgan fingerprint density at radius 1 is 1.54 bits per heavy atom. The van der Waals surface area contributed by atoms with Crippen LogP contribution in [0.15, 0.2) is 0 Å². The zero-order valence-electron chi connectivity index (χ0n) is 8.00. The van der Waals surface area contributed by atoms with Crippen molar-refractivity contribution in [1.29, 1.82) is 0 Å². The van der Waals surface area contributed by atoms with E-state index in [2.05, 4.69) is 5.32 Å². The van der Waals surface area contributed by atoms with Crippen molar-refractivity contribution >= 4 is 23.5 Å². The van der Waals surface area contributed by atoms with Gasteiger partial charge < -0.3 is 11.1 Å². The summed E-state index contributed by atoms with van der Waals surface area (Å²) in [6.07, 6.45) is 2.60. The van der Waals surface area contributed by atoms with Crippen molar-refractivity contribution < 1.29 is 9.59 Å². The number of thioether (sulfide) groups is 1. The third kappa shape index (κ3) is 6.60. The van der Waals surface area contributed by atoms with E-state index in [0.29, 0.717) is 6.42 Å². The van der Waals surface area contributed by atoms with E-state index >= 15 is 0 Å². The standard InChI is InChI=1S/C8H16N2O2S/c1-6(11)5-10-8(12)7(9)3-4-13-2/h7H,3-5,9H2,1-2H3,(H,10,12)/t7-/m0/s1. The fraction of sp³-hybridized carbons (Fsp3) is 0.750. The minimum atomic E-state index is -0.494. The largest absolute Gasteiger partial charge is 0.348 e. The molecule has 0 aromatic rings. The highest BCUT2D eigenvalue weighted by atomic mass is 32.2. The van der Waals surface area contributed by atoms with Gasteiger partial charge in [0.15, 0.2) is 0 Å². The molecule has 0 saturated carbocycles. The normalized spacial score (nSPS) is 12.2. The number of nitrogens with one attached hydrogen (secondary N) is 1. The lowest BCUT2D eigenvalue weighted by atomic mass is 10.2. The number of Topliss-reactive ketones (excluding diaryl/α,β-unsaturated/α-hetero) is 1. The molecule has 0 unspecified atom stereocenters. The minimum absolute atomic E-state index is 0.0644. The molecule has 1 amide bonds. The summed E-state index contributed by atoms with van der Waals surface area (Å²) in [7, 11) is 0. The van der Waals surface area contributed by atoms with Gasteiger partial charge >= 0.3 is 0 Å². The first-order valence-corrected chi connectivity index (χ1v) is 5.49. The zero-order valence-corrected chi connectivity index (χ0v) is 8.82. The highest BCUT2D eigenvalue weighted by Gasteiger charge is 2.12. The molecule has 5 heteroatoms. The summed E-state index contributed by atoms with van der Waals surface area (Å²) in [4.78, 5) is 21.7. The van der Waals surface area contributed by atoms with Crippen molar-refractivity contribution in [3.8, 4) is 0 Å². The van der Waals surface area contributed by atoms with Gasteiger partial charge in [0.1, 0.15) is 5.78 Å². The number of hydrogen-bond acceptors (Lipinski definition) is 4. The first-order chi connectivity index (χ1) is 6.07. The predicted molar refractivity (Wildman–Crippen MR) is 54.7 cm³/mol. The highest BCUT2D eigenvalue weighted by Crippen LogP contribution is 1.98. The van der Waals surface area contributed by atoms with Crippen LogP contribution in [-0.2, 0) is 9.59 Å². The molecule has 0 spiro atoms. The Morgan fingerprint density at radius 3 is 2.62 bits per heavy atom. The minimum Gasteiger partial charge on any atom is -0.348 e. The van der Waals surface area contributed by atoms with E-state index in [1.165, 1.54) is 6.92 Å². The zero-order chi connectivity index (χ0) is 10.3. The smallest absolute Gasteiger partial charge is 0.237 e. The van der Waals surface area contributed by atoms with Gasteiger partial charge in [-0.2, -0.15) is 11.8 Å². The molecule has 76 valence electrons. The molecule has 0 aliphatic rings. The molecule has 0 heterocycles. The van der Waals surface area contributed by atoms with Crippen LogP contribution in [0, 0.1) is 0 Å². The molecule has 0 aromatic carbocycles. The molecular weight excluding hydrogens is 188 g/mol. The lowest BCUT2D eigenvalue weighted by molar-refractivity contribution is -0.125. The lowest BCUT2D eigenvalue weighted by Crippen LogP contribution is -2.42. The van der Waals surface area contributed by atoms with Gasteiger partial charge in [0.2, 0.25) is 5.91 Å². The summed E-state index contributed by atoms with van der Waals surface area (Å²) in [5.74, 6) is 0.545. The van der Waals surface area contributed by atoms with E-state index in [0.717, 1.165) is 5.75 Å². The Morgan fingerprint density at radius 2 is 2.15 bits per heavy atom. The molecule has 0 rings (SSSR count). The Labute approximate surface area is 82.6 Å². The van der Waals surface area contributed by atoms with Crippen LogP contribution in [0.1, 0.15) is 13.3 Å². The van der Waals surface area contributed by atoms with Gasteiger partial charge in [0.05, 0.1) is 12.6 Å². The second-order valence-corrected chi connectivity index (χ2v) is 3.79. The van der Waals surface area contributed by atoms with Crippen molar-refractivity contribution in [2.75, 3.05) is 18.6 Å². The molecular formula is C8H16N2O2S. The van der Waals surface area contributed by atoms with E-state index in [9.17, 15) is 9.59 Å². The van der Waals surface area contributed by atoms with E-state index in [1.807, 2.05) is 6.26 Å². The number of nitrogens with two attached hydrogens (primary N) is 1. The van der Waals surface area contributed by atoms with Gasteiger partial charge in [-0.1, -0.05) is 0 Å². The fourth-order valence-electron chi connectivity index (χ4n) is 0.719. The topological polar surface area (TPSA) is 72.2 Å². The summed E-state index contributed by atoms with van der Waals surface area (Å²) in [6, 6.07) is -0.494. The second kappa shape index (κ2) is 6.91. The van der Waals surface area contributed by atoms with Gasteiger partial charge in [-0.05, 0) is 25.4 Å². The first-order valence-electron chi connectivity index (χ1n) is 4.09. The highest BCUT2D eigenvalue weighted by molar-refractivity contribution is 7.98. The Balaban J connectivity index is 3.63. The second-order valence-electron chi connectivity index (χ2n) is 2.81. The maximum atomic E-state index is 11.2. The van der Waals surface area contributed by atoms with Crippen LogP contribution in [0.2, 0.25) is 0 Å². The molecule has 0 radical (unpaired) electrons. The SMILES string of the molecule is CSCC[C@H](N)C(=O)NCC(C)=O. The maximum absolute atomic E-state index is 11.2. The molecule has 0 saturated heterocycles. The Bertz CT molecular complexity index is 185. The van der Waals surface area contributed by atoms with Gasteiger partial charge in [-0.15, -0.1) is 0 Å². The monoisotopic (exact) mass is 204 g/mol. The first kappa shape index (κ1) is 12.4. The molecule has 0 bridgehead atoms. The van der Waals surface area contributed by atoms with Gasteiger partial charge in [0, 0.05) is 0 Å². The van der Waals surface area contributed by atoms with Crippen molar-refractivity contribution in [1.82, 2.24) is 5.32 Å². The van der Waals surface area contributed by atoms with Crippen molar-refractivity contribution in [3.63, 3.8) is 0 Å². The summed E-state index contributed by atoms with van der Waals surface area (Å²) in [5, 5.41) is 2.47. The molecule has 0 fully saturated rings. The van der Waals surface area contributed by atoms with E-state index in [4.69, 9.17) is 5.73 Å². The molecule has 13 heavy (non-hydrogen) atoms. The van der Waals surface area contributed by atoms with E-state index < -0.39 is 6.04 Å². The maximum Gasteiger partial charge on any atom is 0.237 e. The van der Waals surface area contributed by atoms with Crippen LogP contribution in [-0.4, -0.2) is 36.3 Å². The van der Waals surface area contributed by atoms with Crippen LogP contribution >= 0.6 is 11.8 Å². The average molecular weight is 204 g/mol. The number of ketones is 1. The van der Waals surface area contributed by atoms with Gasteiger partial charge in [0.25, 0.3) is 0 Å². The van der Waals surface area contributed by atoms with Crippen molar-refractivity contribution in [2.24, 2.45) is 5.73 Å². The predicted octanol–water partition coefficient (Wildman–Crippen LogP) is -0.228. The summed E-state index contributed by atoms with van der Waals surface area (Å²) in [6.45, 7) is 1.50. The number of amides is 1. The quantitative estimate of drug-likeness (QED) is 0.627. The van der Waals surface area contributed by atoms with Crippen LogP contribution in [0.25, 0.3) is 0 Å². The Hall–Kier alpha value is -0.550. The number of hydrogen-bond donors (Lipinski definition) is 2. The van der Waals surface area contributed by atoms with Crippen LogP contribution < -0.4 is 11.1 Å². The van der Waals surface area contributed by atoms with Crippen molar-refractivity contribution in [3.05, 3.63) is 0 Å². The summed E-state index contributed by atoms with van der Waals surface area (Å²) >= 11 is 1.64. The van der Waals surface area contributed by atoms with Crippen LogP contribution in [0.5, 0.6) is 0 Å². The van der Waals surface area contributed by atoms with Crippen LogP contribution in [0.4, 0.5) is 0 Å². The third-order valence-corrected chi connectivity index (χ3v) is 2.13. The number of carbonyl (C=O) groups is 2. The van der Waals surface area contributed by atoms with E-state index in [1.54, 1.807) is 11.8 Å². The third-order valence-electron chi connectivity index (χ3n) is 1.48. The van der Waals surface area contributed by atoms with E-state index in [-0.39, 0.29) is 18.2 Å². The number of rotatable bonds is 6. The van der Waals surface area contributed by atoms with Crippen LogP contribution in [0.3, 0.4) is 0 Å². The fourth-order valence-corrected chi connectivity index (χ4v) is 1.21. The molecule has 3 N–H and O–H groups in total. The lowest BCUT2D eigenvalue weighted by Gasteiger charge is -2.09. The van der Waals surface area contributed by atoms with Crippen molar-refractivity contribution in [2.45, 2.75) is 19.4 Å². The van der Waals surface area contributed by atoms with Gasteiger partial charge in [-0.25, -0.2) is 0 Å². The van der Waals surface area contributed by atoms with Gasteiger partial charge in [-0.3, -0.25) is 9.59 Å². The summed E-state index contributed by atoms with van der Waals surface area (Å²) in [5.41, 5.74) is 5.55. The number of carbonyl (C=O) groups excluding carboxylic acids is 2. The molecule has 4 nitrogen and oxygen atoms in total.